The van der Waals surface area contributed by atoms with Gasteiger partial charge in [-0.15, -0.1) is 0 Å². The molecule has 1 N–H and O–H groups in total. The van der Waals surface area contributed by atoms with E-state index in [0.29, 0.717) is 48.7 Å². The van der Waals surface area contributed by atoms with Gasteiger partial charge in [0.15, 0.2) is 5.13 Å². The first-order valence-electron chi connectivity index (χ1n) is 9.20. The van der Waals surface area contributed by atoms with Crippen molar-refractivity contribution in [2.45, 2.75) is 19.0 Å². The number of hydrogen-bond acceptors (Lipinski definition) is 4. The summed E-state index contributed by atoms with van der Waals surface area (Å²) in [6.07, 6.45) is -3.90. The number of carbonyl (C=O) groups is 1. The van der Waals surface area contributed by atoms with Crippen molar-refractivity contribution in [2.75, 3.05) is 23.3 Å². The first-order valence-corrected chi connectivity index (χ1v) is 10.0. The Hall–Kier alpha value is -2.75. The molecule has 158 valence electrons. The third-order valence-corrected chi connectivity index (χ3v) is 6.12. The van der Waals surface area contributed by atoms with Crippen LogP contribution in [0.25, 0.3) is 10.2 Å². The summed E-state index contributed by atoms with van der Waals surface area (Å²) >= 11 is 1.37. The summed E-state index contributed by atoms with van der Waals surface area (Å²) in [6, 6.07) is 7.15. The summed E-state index contributed by atoms with van der Waals surface area (Å²) in [5.74, 6) is -2.58. The largest absolute Gasteiger partial charge is 0.419 e. The summed E-state index contributed by atoms with van der Waals surface area (Å²) in [5, 5.41) is 3.12. The Labute approximate surface area is 172 Å². The smallest absolute Gasteiger partial charge is 0.348 e. The molecule has 1 saturated heterocycles. The normalized spacial score (nSPS) is 15.6. The van der Waals surface area contributed by atoms with E-state index in [2.05, 4.69) is 10.3 Å². The highest BCUT2D eigenvalue weighted by Crippen LogP contribution is 2.34. The summed E-state index contributed by atoms with van der Waals surface area (Å²) in [4.78, 5) is 18.8. The number of piperidine rings is 1. The molecular weight excluding hydrogens is 425 g/mol. The molecule has 0 atom stereocenters. The number of thiazole rings is 1. The molecule has 0 unspecified atom stereocenters. The van der Waals surface area contributed by atoms with E-state index in [1.807, 2.05) is 4.90 Å². The molecule has 0 saturated carbocycles. The number of nitrogens with one attached hydrogen (secondary N) is 1. The Kier molecular flexibility index (Phi) is 5.35. The number of amides is 1. The second-order valence-corrected chi connectivity index (χ2v) is 8.04. The van der Waals surface area contributed by atoms with Gasteiger partial charge in [-0.1, -0.05) is 17.4 Å². The van der Waals surface area contributed by atoms with Gasteiger partial charge in [0.25, 0.3) is 0 Å². The second-order valence-electron chi connectivity index (χ2n) is 7.03. The third-order valence-electron chi connectivity index (χ3n) is 5.03. The van der Waals surface area contributed by atoms with Crippen molar-refractivity contribution in [1.29, 1.82) is 0 Å². The minimum Gasteiger partial charge on any atom is -0.348 e. The fourth-order valence-electron chi connectivity index (χ4n) is 3.44. The summed E-state index contributed by atoms with van der Waals surface area (Å²) in [7, 11) is 0. The monoisotopic (exact) mass is 441 g/mol. The molecule has 30 heavy (non-hydrogen) atoms. The zero-order chi connectivity index (χ0) is 21.5. The molecule has 3 aromatic rings. The Balaban J connectivity index is 1.40. The van der Waals surface area contributed by atoms with E-state index in [9.17, 15) is 26.7 Å². The van der Waals surface area contributed by atoms with Crippen LogP contribution < -0.4 is 10.2 Å². The highest BCUT2D eigenvalue weighted by Gasteiger charge is 2.34. The SMILES string of the molecule is O=C(Nc1ccc(F)c(C(F)(F)F)c1)C1CCN(c2nc3c(F)cccc3s2)CC1. The van der Waals surface area contributed by atoms with Crippen LogP contribution in [0.3, 0.4) is 0 Å². The number of aromatic nitrogens is 1. The first kappa shape index (κ1) is 20.5. The van der Waals surface area contributed by atoms with Crippen LogP contribution in [-0.4, -0.2) is 24.0 Å². The average molecular weight is 441 g/mol. The lowest BCUT2D eigenvalue weighted by Crippen LogP contribution is -2.38. The van der Waals surface area contributed by atoms with Crippen LogP contribution in [0.5, 0.6) is 0 Å². The van der Waals surface area contributed by atoms with Crippen LogP contribution in [-0.2, 0) is 11.0 Å². The van der Waals surface area contributed by atoms with Crippen LogP contribution >= 0.6 is 11.3 Å². The predicted molar refractivity (Wildman–Crippen MR) is 105 cm³/mol. The van der Waals surface area contributed by atoms with Crippen LogP contribution in [0.1, 0.15) is 18.4 Å². The predicted octanol–water partition coefficient (Wildman–Crippen LogP) is 5.45. The van der Waals surface area contributed by atoms with Crippen molar-refractivity contribution in [3.05, 3.63) is 53.6 Å². The van der Waals surface area contributed by atoms with Crippen LogP contribution in [0.15, 0.2) is 36.4 Å². The van der Waals surface area contributed by atoms with Gasteiger partial charge in [0.1, 0.15) is 17.2 Å². The van der Waals surface area contributed by atoms with Crippen molar-refractivity contribution in [1.82, 2.24) is 4.98 Å². The molecule has 4 nitrogen and oxygen atoms in total. The zero-order valence-electron chi connectivity index (χ0n) is 15.5. The van der Waals surface area contributed by atoms with Crippen molar-refractivity contribution < 1.29 is 26.7 Å². The lowest BCUT2D eigenvalue weighted by atomic mass is 9.96. The minimum absolute atomic E-state index is 0.0993. The number of halogens is 5. The summed E-state index contributed by atoms with van der Waals surface area (Å²) in [5.41, 5.74) is -1.20. The van der Waals surface area contributed by atoms with Gasteiger partial charge >= 0.3 is 6.18 Å². The molecule has 2 aromatic carbocycles. The van der Waals surface area contributed by atoms with E-state index >= 15 is 0 Å². The van der Waals surface area contributed by atoms with E-state index in [-0.39, 0.29) is 11.5 Å². The summed E-state index contributed by atoms with van der Waals surface area (Å²) < 4.78 is 66.5. The molecular formula is C20H16F5N3OS. The molecule has 1 aliphatic rings. The maximum atomic E-state index is 13.8. The maximum Gasteiger partial charge on any atom is 0.419 e. The van der Waals surface area contributed by atoms with Crippen molar-refractivity contribution in [3.63, 3.8) is 0 Å². The molecule has 1 aliphatic heterocycles. The average Bonchev–Trinajstić information content (AvgIpc) is 3.14. The second kappa shape index (κ2) is 7.82. The van der Waals surface area contributed by atoms with Gasteiger partial charge in [0, 0.05) is 24.7 Å². The highest BCUT2D eigenvalue weighted by atomic mass is 32.1. The Morgan fingerprint density at radius 3 is 2.50 bits per heavy atom. The lowest BCUT2D eigenvalue weighted by molar-refractivity contribution is -0.140. The molecule has 0 aliphatic carbocycles. The Bertz CT molecular complexity index is 1090. The van der Waals surface area contributed by atoms with E-state index in [1.54, 1.807) is 12.1 Å². The number of fused-ring (bicyclic) bond motifs is 1. The molecule has 1 fully saturated rings. The third kappa shape index (κ3) is 4.09. The summed E-state index contributed by atoms with van der Waals surface area (Å²) in [6.45, 7) is 1.02. The number of para-hydroxylation sites is 1. The van der Waals surface area contributed by atoms with Gasteiger partial charge in [0.2, 0.25) is 5.91 Å². The molecule has 2 heterocycles. The number of benzene rings is 2. The number of nitrogens with zero attached hydrogens (tertiary/aromatic N) is 2. The van der Waals surface area contributed by atoms with Gasteiger partial charge in [-0.25, -0.2) is 13.8 Å². The maximum absolute atomic E-state index is 13.8. The quantitative estimate of drug-likeness (QED) is 0.550. The minimum atomic E-state index is -4.84. The van der Waals surface area contributed by atoms with E-state index in [4.69, 9.17) is 0 Å². The van der Waals surface area contributed by atoms with E-state index < -0.39 is 29.4 Å². The van der Waals surface area contributed by atoms with Crippen molar-refractivity contribution in [2.24, 2.45) is 5.92 Å². The van der Waals surface area contributed by atoms with E-state index in [0.717, 1.165) is 10.8 Å². The van der Waals surface area contributed by atoms with Crippen LogP contribution in [0.2, 0.25) is 0 Å². The van der Waals surface area contributed by atoms with Crippen LogP contribution in [0, 0.1) is 17.6 Å². The van der Waals surface area contributed by atoms with Gasteiger partial charge in [-0.2, -0.15) is 13.2 Å². The van der Waals surface area contributed by atoms with Gasteiger partial charge in [0.05, 0.1) is 10.3 Å². The zero-order valence-corrected chi connectivity index (χ0v) is 16.3. The van der Waals surface area contributed by atoms with Crippen molar-refractivity contribution >= 4 is 38.3 Å². The lowest BCUT2D eigenvalue weighted by Gasteiger charge is -2.31. The number of hydrogen-bond donors (Lipinski definition) is 1. The Morgan fingerprint density at radius 2 is 1.83 bits per heavy atom. The van der Waals surface area contributed by atoms with Gasteiger partial charge in [-0.3, -0.25) is 4.79 Å². The topological polar surface area (TPSA) is 45.2 Å². The van der Waals surface area contributed by atoms with E-state index in [1.165, 1.54) is 17.4 Å². The fraction of sp³-hybridized carbons (Fsp3) is 0.300. The van der Waals surface area contributed by atoms with Gasteiger partial charge < -0.3 is 10.2 Å². The number of rotatable bonds is 3. The van der Waals surface area contributed by atoms with Crippen LogP contribution in [0.4, 0.5) is 32.8 Å². The van der Waals surface area contributed by atoms with Gasteiger partial charge in [-0.05, 0) is 43.2 Å². The standard InChI is InChI=1S/C20H16F5N3OS/c21-14-5-4-12(10-13(14)20(23,24)25)26-18(29)11-6-8-28(9-7-11)19-27-17-15(22)2-1-3-16(17)30-19/h1-5,10-11H,6-9H2,(H,26,29). The fourth-order valence-corrected chi connectivity index (χ4v) is 4.47. The number of carbonyl (C=O) groups excluding carboxylic acids is 1. The molecule has 1 aromatic heterocycles. The van der Waals surface area contributed by atoms with Crippen molar-refractivity contribution in [3.8, 4) is 0 Å². The molecule has 0 bridgehead atoms. The first-order chi connectivity index (χ1) is 14.2. The molecule has 4 rings (SSSR count). The number of alkyl halides is 3. The number of anilines is 2. The molecule has 10 heteroatoms. The molecule has 1 amide bonds. The highest BCUT2D eigenvalue weighted by molar-refractivity contribution is 7.22. The molecule has 0 radical (unpaired) electrons. The Morgan fingerprint density at radius 1 is 1.10 bits per heavy atom. The molecule has 0 spiro atoms.